The van der Waals surface area contributed by atoms with Crippen LogP contribution < -0.4 is 0 Å². The molecule has 1 atom stereocenters. The third-order valence-electron chi connectivity index (χ3n) is 6.39. The van der Waals surface area contributed by atoms with Crippen molar-refractivity contribution in [1.29, 1.82) is 0 Å². The molecule has 1 fully saturated rings. The van der Waals surface area contributed by atoms with Gasteiger partial charge in [-0.3, -0.25) is 0 Å². The molecule has 0 aromatic heterocycles. The predicted molar refractivity (Wildman–Crippen MR) is 116 cm³/mol. The minimum atomic E-state index is -0.701. The maximum atomic E-state index is 6.30. The van der Waals surface area contributed by atoms with E-state index in [0.717, 1.165) is 6.61 Å². The van der Waals surface area contributed by atoms with Crippen LogP contribution in [0.5, 0.6) is 0 Å². The zero-order valence-electron chi connectivity index (χ0n) is 17.9. The van der Waals surface area contributed by atoms with E-state index < -0.39 is 8.80 Å². The Kier molecular flexibility index (Phi) is 14.2. The van der Waals surface area contributed by atoms with Gasteiger partial charge in [-0.1, -0.05) is 110 Å². The van der Waals surface area contributed by atoms with Crippen molar-refractivity contribution in [2.45, 2.75) is 141 Å². The minimum absolute atomic E-state index is 0.357. The molecule has 0 N–H and O–H groups in total. The first-order valence-corrected chi connectivity index (χ1v) is 14.7. The summed E-state index contributed by atoms with van der Waals surface area (Å²) in [5.41, 5.74) is 0. The Hall–Kier alpha value is 0.177. The van der Waals surface area contributed by atoms with Crippen LogP contribution in [0.4, 0.5) is 0 Å². The molecule has 1 saturated heterocycles. The van der Waals surface area contributed by atoms with Crippen molar-refractivity contribution in [3.05, 3.63) is 0 Å². The van der Waals surface area contributed by atoms with Crippen molar-refractivity contribution in [2.75, 3.05) is 6.61 Å². The van der Waals surface area contributed by atoms with Gasteiger partial charge in [-0.15, -0.1) is 0 Å². The monoisotopic (exact) mass is 368 g/mol. The van der Waals surface area contributed by atoms with Crippen molar-refractivity contribution in [3.63, 3.8) is 0 Å². The molecule has 25 heavy (non-hydrogen) atoms. The molecule has 0 spiro atoms. The number of hydrogen-bond acceptors (Lipinski definition) is 1. The van der Waals surface area contributed by atoms with Crippen molar-refractivity contribution >= 4 is 8.80 Å². The van der Waals surface area contributed by atoms with Gasteiger partial charge in [0, 0.05) is 6.61 Å². The Morgan fingerprint density at radius 1 is 0.680 bits per heavy atom. The molecule has 1 rings (SSSR count). The number of ether oxygens (including phenoxy) is 1. The van der Waals surface area contributed by atoms with E-state index in [4.69, 9.17) is 4.74 Å². The van der Waals surface area contributed by atoms with Crippen LogP contribution in [-0.4, -0.2) is 20.6 Å². The molecule has 0 aromatic rings. The fourth-order valence-electron chi connectivity index (χ4n) is 4.43. The van der Waals surface area contributed by atoms with Crippen LogP contribution in [0.3, 0.4) is 0 Å². The standard InChI is InChI=1S/C23H48OSi/c1-4-5-6-7-8-9-10-11-12-13-14-15-16-17-20-23(25(2)3)21-18-19-22-24-23/h25H,4-22H2,1-3H3. The molecule has 1 heterocycles. The third kappa shape index (κ3) is 10.8. The normalized spacial score (nSPS) is 21.1. The molecule has 0 amide bonds. The van der Waals surface area contributed by atoms with Crippen molar-refractivity contribution in [3.8, 4) is 0 Å². The van der Waals surface area contributed by atoms with Crippen LogP contribution >= 0.6 is 0 Å². The first-order chi connectivity index (χ1) is 12.2. The van der Waals surface area contributed by atoms with Crippen LogP contribution in [0.15, 0.2) is 0 Å². The lowest BCUT2D eigenvalue weighted by Gasteiger charge is -2.40. The molecule has 1 nitrogen and oxygen atoms in total. The molecule has 1 aliphatic heterocycles. The maximum absolute atomic E-state index is 6.30. The average Bonchev–Trinajstić information content (AvgIpc) is 2.62. The molecule has 0 saturated carbocycles. The summed E-state index contributed by atoms with van der Waals surface area (Å²) in [5.74, 6) is 0. The van der Waals surface area contributed by atoms with Gasteiger partial charge >= 0.3 is 0 Å². The van der Waals surface area contributed by atoms with Crippen LogP contribution in [0, 0.1) is 0 Å². The van der Waals surface area contributed by atoms with E-state index >= 15 is 0 Å². The van der Waals surface area contributed by atoms with Crippen molar-refractivity contribution in [2.24, 2.45) is 0 Å². The second-order valence-corrected chi connectivity index (χ2v) is 12.2. The van der Waals surface area contributed by atoms with Gasteiger partial charge in [-0.2, -0.15) is 0 Å². The summed E-state index contributed by atoms with van der Waals surface area (Å²) in [6.45, 7) is 8.32. The van der Waals surface area contributed by atoms with E-state index in [1.807, 2.05) is 0 Å². The number of rotatable bonds is 16. The highest BCUT2D eigenvalue weighted by molar-refractivity contribution is 6.59. The number of unbranched alkanes of at least 4 members (excludes halogenated alkanes) is 13. The lowest BCUT2D eigenvalue weighted by molar-refractivity contribution is -0.0292. The van der Waals surface area contributed by atoms with E-state index in [9.17, 15) is 0 Å². The Morgan fingerprint density at radius 2 is 1.16 bits per heavy atom. The molecule has 0 aliphatic carbocycles. The Morgan fingerprint density at radius 3 is 1.56 bits per heavy atom. The lowest BCUT2D eigenvalue weighted by atomic mass is 10.0. The van der Waals surface area contributed by atoms with Gasteiger partial charge in [0.25, 0.3) is 0 Å². The summed E-state index contributed by atoms with van der Waals surface area (Å²) in [4.78, 5) is 0. The molecule has 0 aromatic carbocycles. The second kappa shape index (κ2) is 15.3. The predicted octanol–water partition coefficient (Wildman–Crippen LogP) is 7.82. The fourth-order valence-corrected chi connectivity index (χ4v) is 6.45. The van der Waals surface area contributed by atoms with Crippen LogP contribution in [0.1, 0.15) is 122 Å². The van der Waals surface area contributed by atoms with Gasteiger partial charge < -0.3 is 4.74 Å². The van der Waals surface area contributed by atoms with Gasteiger partial charge in [0.2, 0.25) is 0 Å². The van der Waals surface area contributed by atoms with E-state index in [1.54, 1.807) is 0 Å². The van der Waals surface area contributed by atoms with E-state index in [1.165, 1.54) is 116 Å². The topological polar surface area (TPSA) is 9.23 Å². The highest BCUT2D eigenvalue weighted by atomic mass is 28.3. The quantitative estimate of drug-likeness (QED) is 0.199. The van der Waals surface area contributed by atoms with Crippen LogP contribution in [-0.2, 0) is 4.74 Å². The first-order valence-electron chi connectivity index (χ1n) is 11.9. The average molecular weight is 369 g/mol. The van der Waals surface area contributed by atoms with Gasteiger partial charge in [-0.25, -0.2) is 0 Å². The Bertz CT molecular complexity index is 284. The molecule has 0 bridgehead atoms. The van der Waals surface area contributed by atoms with Crippen LogP contribution in [0.2, 0.25) is 13.1 Å². The molecule has 1 aliphatic rings. The summed E-state index contributed by atoms with van der Waals surface area (Å²) in [7, 11) is -0.701. The highest BCUT2D eigenvalue weighted by Crippen LogP contribution is 2.33. The summed E-state index contributed by atoms with van der Waals surface area (Å²) in [6.07, 6.45) is 25.7. The largest absolute Gasteiger partial charge is 0.379 e. The minimum Gasteiger partial charge on any atom is -0.379 e. The molecule has 1 unspecified atom stereocenters. The Labute approximate surface area is 161 Å². The van der Waals surface area contributed by atoms with E-state index in [2.05, 4.69) is 20.0 Å². The van der Waals surface area contributed by atoms with Gasteiger partial charge in [0.05, 0.1) is 14.0 Å². The fraction of sp³-hybridized carbons (Fsp3) is 1.00. The van der Waals surface area contributed by atoms with Crippen LogP contribution in [0.25, 0.3) is 0 Å². The number of hydrogen-bond donors (Lipinski definition) is 0. The summed E-state index contributed by atoms with van der Waals surface area (Å²) < 4.78 is 6.30. The summed E-state index contributed by atoms with van der Waals surface area (Å²) in [6, 6.07) is 0. The van der Waals surface area contributed by atoms with Gasteiger partial charge in [-0.05, 0) is 25.7 Å². The maximum Gasteiger partial charge on any atom is 0.0695 e. The van der Waals surface area contributed by atoms with Crippen molar-refractivity contribution < 1.29 is 4.74 Å². The van der Waals surface area contributed by atoms with Gasteiger partial charge in [0.15, 0.2) is 0 Å². The first kappa shape index (κ1) is 23.2. The van der Waals surface area contributed by atoms with E-state index in [-0.39, 0.29) is 0 Å². The van der Waals surface area contributed by atoms with Gasteiger partial charge in [0.1, 0.15) is 0 Å². The summed E-state index contributed by atoms with van der Waals surface area (Å²) in [5, 5.41) is 0.357. The second-order valence-electron chi connectivity index (χ2n) is 8.87. The highest BCUT2D eigenvalue weighted by Gasteiger charge is 2.36. The summed E-state index contributed by atoms with van der Waals surface area (Å²) >= 11 is 0. The SMILES string of the molecule is CCCCCCCCCCCCCCCCC1([SiH](C)C)CCCCO1. The lowest BCUT2D eigenvalue weighted by Crippen LogP contribution is -2.47. The smallest absolute Gasteiger partial charge is 0.0695 e. The molecule has 150 valence electrons. The van der Waals surface area contributed by atoms with Crippen molar-refractivity contribution in [1.82, 2.24) is 0 Å². The zero-order valence-corrected chi connectivity index (χ0v) is 19.1. The third-order valence-corrected chi connectivity index (χ3v) is 9.24. The molecular weight excluding hydrogens is 320 g/mol. The zero-order chi connectivity index (χ0) is 18.2. The Balaban J connectivity index is 1.87. The van der Waals surface area contributed by atoms with E-state index in [0.29, 0.717) is 5.22 Å². The molecule has 2 heteroatoms. The molecular formula is C23H48OSi. The molecule has 0 radical (unpaired) electrons.